The Bertz CT molecular complexity index is 467. The zero-order valence-corrected chi connectivity index (χ0v) is 11.8. The van der Waals surface area contributed by atoms with Crippen molar-refractivity contribution in [2.24, 2.45) is 0 Å². The van der Waals surface area contributed by atoms with E-state index in [1.807, 2.05) is 38.1 Å². The molecule has 0 saturated carbocycles. The number of hydrogen-bond acceptors (Lipinski definition) is 3. The highest BCUT2D eigenvalue weighted by atomic mass is 79.9. The van der Waals surface area contributed by atoms with E-state index in [0.29, 0.717) is 5.82 Å². The van der Waals surface area contributed by atoms with E-state index >= 15 is 0 Å². The standard InChI is InChI=1S/C12H11BrClN3/c1-7-3-9(13)6-10(4-7)16-11-5-8(2)15-12(14)17-11/h3-6H,1-2H3,(H,15,16,17). The molecule has 0 spiro atoms. The summed E-state index contributed by atoms with van der Waals surface area (Å²) < 4.78 is 1.02. The number of aromatic nitrogens is 2. The van der Waals surface area contributed by atoms with E-state index in [4.69, 9.17) is 11.6 Å². The average Bonchev–Trinajstić information content (AvgIpc) is 2.13. The normalized spacial score (nSPS) is 10.4. The summed E-state index contributed by atoms with van der Waals surface area (Å²) in [5.41, 5.74) is 2.96. The summed E-state index contributed by atoms with van der Waals surface area (Å²) in [6.07, 6.45) is 0. The Balaban J connectivity index is 2.31. The van der Waals surface area contributed by atoms with Gasteiger partial charge in [0.05, 0.1) is 0 Å². The maximum absolute atomic E-state index is 5.81. The predicted molar refractivity (Wildman–Crippen MR) is 73.9 cm³/mol. The van der Waals surface area contributed by atoms with Gasteiger partial charge in [0, 0.05) is 21.9 Å². The summed E-state index contributed by atoms with van der Waals surface area (Å²) in [4.78, 5) is 8.13. The van der Waals surface area contributed by atoms with Gasteiger partial charge >= 0.3 is 0 Å². The summed E-state index contributed by atoms with van der Waals surface area (Å²) in [6.45, 7) is 3.92. The zero-order chi connectivity index (χ0) is 12.4. The van der Waals surface area contributed by atoms with Crippen molar-refractivity contribution >= 4 is 39.0 Å². The SMILES string of the molecule is Cc1cc(Br)cc(Nc2cc(C)nc(Cl)n2)c1. The lowest BCUT2D eigenvalue weighted by Gasteiger charge is -2.08. The topological polar surface area (TPSA) is 37.8 Å². The Morgan fingerprint density at radius 3 is 2.53 bits per heavy atom. The molecule has 0 aliphatic heterocycles. The van der Waals surface area contributed by atoms with Crippen molar-refractivity contribution in [1.82, 2.24) is 9.97 Å². The number of rotatable bonds is 2. The highest BCUT2D eigenvalue weighted by Gasteiger charge is 2.02. The first-order chi connectivity index (χ1) is 8.02. The highest BCUT2D eigenvalue weighted by Crippen LogP contribution is 2.22. The summed E-state index contributed by atoms with van der Waals surface area (Å²) in [5.74, 6) is 0.694. The van der Waals surface area contributed by atoms with Crippen LogP contribution in [0.5, 0.6) is 0 Å². The van der Waals surface area contributed by atoms with Crippen LogP contribution in [0.1, 0.15) is 11.3 Å². The fraction of sp³-hybridized carbons (Fsp3) is 0.167. The molecule has 0 fully saturated rings. The van der Waals surface area contributed by atoms with Crippen LogP contribution in [-0.4, -0.2) is 9.97 Å². The van der Waals surface area contributed by atoms with Gasteiger partial charge in [0.25, 0.3) is 0 Å². The molecule has 3 nitrogen and oxygen atoms in total. The van der Waals surface area contributed by atoms with Gasteiger partial charge in [0.2, 0.25) is 5.28 Å². The first-order valence-electron chi connectivity index (χ1n) is 5.08. The van der Waals surface area contributed by atoms with E-state index in [2.05, 4.69) is 31.2 Å². The molecular formula is C12H11BrClN3. The largest absolute Gasteiger partial charge is 0.340 e. The third-order valence-electron chi connectivity index (χ3n) is 2.14. The molecule has 0 bridgehead atoms. The Morgan fingerprint density at radius 1 is 1.12 bits per heavy atom. The predicted octanol–water partition coefficient (Wildman–Crippen LogP) is 4.25. The molecule has 5 heteroatoms. The Hall–Kier alpha value is -1.13. The first-order valence-corrected chi connectivity index (χ1v) is 6.25. The molecule has 0 amide bonds. The second-order valence-electron chi connectivity index (χ2n) is 3.81. The number of nitrogens with one attached hydrogen (secondary N) is 1. The fourth-order valence-electron chi connectivity index (χ4n) is 1.55. The summed E-state index contributed by atoms with van der Waals surface area (Å²) in [7, 11) is 0. The van der Waals surface area contributed by atoms with Crippen LogP contribution < -0.4 is 5.32 Å². The summed E-state index contributed by atoms with van der Waals surface area (Å²) >= 11 is 9.26. The third kappa shape index (κ3) is 3.41. The molecule has 2 aromatic rings. The van der Waals surface area contributed by atoms with Gasteiger partial charge in [0.1, 0.15) is 5.82 Å². The molecule has 2 rings (SSSR count). The molecule has 0 unspecified atom stereocenters. The molecular weight excluding hydrogens is 302 g/mol. The van der Waals surface area contributed by atoms with E-state index in [9.17, 15) is 0 Å². The number of aryl methyl sites for hydroxylation is 2. The molecule has 0 aliphatic carbocycles. The second kappa shape index (κ2) is 5.02. The van der Waals surface area contributed by atoms with Crippen molar-refractivity contribution < 1.29 is 0 Å². The van der Waals surface area contributed by atoms with E-state index in [1.165, 1.54) is 5.56 Å². The molecule has 88 valence electrons. The Kier molecular flexibility index (Phi) is 3.64. The van der Waals surface area contributed by atoms with E-state index in [-0.39, 0.29) is 5.28 Å². The van der Waals surface area contributed by atoms with Crippen molar-refractivity contribution in [3.8, 4) is 0 Å². The average molecular weight is 313 g/mol. The second-order valence-corrected chi connectivity index (χ2v) is 5.06. The molecule has 1 heterocycles. The van der Waals surface area contributed by atoms with Gasteiger partial charge < -0.3 is 5.32 Å². The van der Waals surface area contributed by atoms with Gasteiger partial charge in [-0.2, -0.15) is 0 Å². The van der Waals surface area contributed by atoms with Crippen molar-refractivity contribution in [1.29, 1.82) is 0 Å². The van der Waals surface area contributed by atoms with E-state index in [0.717, 1.165) is 15.9 Å². The van der Waals surface area contributed by atoms with Crippen molar-refractivity contribution in [2.45, 2.75) is 13.8 Å². The molecule has 1 aromatic carbocycles. The molecule has 17 heavy (non-hydrogen) atoms. The molecule has 1 N–H and O–H groups in total. The molecule has 0 saturated heterocycles. The quantitative estimate of drug-likeness (QED) is 0.842. The third-order valence-corrected chi connectivity index (χ3v) is 2.77. The Labute approximate surface area is 113 Å². The van der Waals surface area contributed by atoms with Crippen LogP contribution >= 0.6 is 27.5 Å². The zero-order valence-electron chi connectivity index (χ0n) is 9.46. The van der Waals surface area contributed by atoms with Crippen LogP contribution in [0.25, 0.3) is 0 Å². The molecule has 0 aliphatic rings. The number of hydrogen-bond donors (Lipinski definition) is 1. The van der Waals surface area contributed by atoms with Crippen molar-refractivity contribution in [3.05, 3.63) is 45.3 Å². The van der Waals surface area contributed by atoms with Crippen LogP contribution in [0.4, 0.5) is 11.5 Å². The number of anilines is 2. The maximum atomic E-state index is 5.81. The van der Waals surface area contributed by atoms with Crippen LogP contribution in [0, 0.1) is 13.8 Å². The van der Waals surface area contributed by atoms with Crippen LogP contribution in [0.3, 0.4) is 0 Å². The number of halogens is 2. The van der Waals surface area contributed by atoms with Crippen molar-refractivity contribution in [2.75, 3.05) is 5.32 Å². The van der Waals surface area contributed by atoms with Gasteiger partial charge in [0.15, 0.2) is 0 Å². The van der Waals surface area contributed by atoms with Crippen LogP contribution in [0.15, 0.2) is 28.7 Å². The lowest BCUT2D eigenvalue weighted by atomic mass is 10.2. The highest BCUT2D eigenvalue weighted by molar-refractivity contribution is 9.10. The summed E-state index contributed by atoms with van der Waals surface area (Å²) in [5, 5.41) is 3.45. The minimum Gasteiger partial charge on any atom is -0.340 e. The summed E-state index contributed by atoms with van der Waals surface area (Å²) in [6, 6.07) is 7.92. The van der Waals surface area contributed by atoms with Gasteiger partial charge in [-0.1, -0.05) is 15.9 Å². The molecule has 0 radical (unpaired) electrons. The van der Waals surface area contributed by atoms with Crippen LogP contribution in [-0.2, 0) is 0 Å². The van der Waals surface area contributed by atoms with Gasteiger partial charge in [-0.15, -0.1) is 0 Å². The minimum absolute atomic E-state index is 0.249. The smallest absolute Gasteiger partial charge is 0.224 e. The molecule has 0 atom stereocenters. The fourth-order valence-corrected chi connectivity index (χ4v) is 2.38. The molecule has 1 aromatic heterocycles. The Morgan fingerprint density at radius 2 is 1.88 bits per heavy atom. The number of benzene rings is 1. The minimum atomic E-state index is 0.249. The van der Waals surface area contributed by atoms with Gasteiger partial charge in [-0.3, -0.25) is 0 Å². The maximum Gasteiger partial charge on any atom is 0.224 e. The van der Waals surface area contributed by atoms with Crippen LogP contribution in [0.2, 0.25) is 5.28 Å². The van der Waals surface area contributed by atoms with E-state index < -0.39 is 0 Å². The van der Waals surface area contributed by atoms with Crippen molar-refractivity contribution in [3.63, 3.8) is 0 Å². The van der Waals surface area contributed by atoms with Gasteiger partial charge in [-0.25, -0.2) is 9.97 Å². The monoisotopic (exact) mass is 311 g/mol. The van der Waals surface area contributed by atoms with Gasteiger partial charge in [-0.05, 0) is 49.2 Å². The lowest BCUT2D eigenvalue weighted by molar-refractivity contribution is 1.10. The van der Waals surface area contributed by atoms with E-state index in [1.54, 1.807) is 0 Å². The lowest BCUT2D eigenvalue weighted by Crippen LogP contribution is -1.97. The number of nitrogens with zero attached hydrogens (tertiary/aromatic N) is 2. The first kappa shape index (κ1) is 12.3.